The van der Waals surface area contributed by atoms with E-state index in [0.717, 1.165) is 42.0 Å². The third-order valence-electron chi connectivity index (χ3n) is 4.59. The maximum absolute atomic E-state index is 12.1. The first kappa shape index (κ1) is 16.6. The van der Waals surface area contributed by atoms with Crippen molar-refractivity contribution in [3.05, 3.63) is 54.4 Å². The van der Waals surface area contributed by atoms with Gasteiger partial charge in [0.25, 0.3) is 5.91 Å². The molecular formula is C21H24N4O. The van der Waals surface area contributed by atoms with Crippen LogP contribution >= 0.6 is 0 Å². The number of amides is 1. The molecule has 2 aromatic heterocycles. The second-order valence-electron chi connectivity index (χ2n) is 7.36. The number of hydrogen-bond donors (Lipinski definition) is 2. The van der Waals surface area contributed by atoms with Gasteiger partial charge in [-0.3, -0.25) is 9.20 Å². The van der Waals surface area contributed by atoms with Gasteiger partial charge >= 0.3 is 0 Å². The van der Waals surface area contributed by atoms with E-state index in [-0.39, 0.29) is 5.91 Å². The number of rotatable bonds is 6. The standard InChI is InChI=1S/C21H24N4O/c1-14(2)12-22-18-4-3-11-25-19(13-23-20(18)25)15-5-7-16(8-6-15)21(26)24-17-9-10-17/h3-8,11,13-14,17,22H,9-10,12H2,1-2H3,(H,24,26). The van der Waals surface area contributed by atoms with E-state index in [1.165, 1.54) is 0 Å². The van der Waals surface area contributed by atoms with Crippen LogP contribution in [-0.4, -0.2) is 27.9 Å². The van der Waals surface area contributed by atoms with Crippen LogP contribution in [-0.2, 0) is 0 Å². The summed E-state index contributed by atoms with van der Waals surface area (Å²) in [5, 5.41) is 6.48. The van der Waals surface area contributed by atoms with E-state index in [2.05, 4.69) is 39.9 Å². The van der Waals surface area contributed by atoms with Gasteiger partial charge in [0, 0.05) is 29.9 Å². The highest BCUT2D eigenvalue weighted by Gasteiger charge is 2.23. The smallest absolute Gasteiger partial charge is 0.251 e. The highest BCUT2D eigenvalue weighted by Crippen LogP contribution is 2.25. The summed E-state index contributed by atoms with van der Waals surface area (Å²) in [6.07, 6.45) is 6.10. The molecule has 4 rings (SSSR count). The maximum Gasteiger partial charge on any atom is 0.251 e. The van der Waals surface area contributed by atoms with Gasteiger partial charge in [0.05, 0.1) is 17.6 Å². The van der Waals surface area contributed by atoms with Crippen LogP contribution in [0, 0.1) is 5.92 Å². The lowest BCUT2D eigenvalue weighted by atomic mass is 10.1. The molecule has 1 fully saturated rings. The van der Waals surface area contributed by atoms with Crippen LogP contribution in [0.3, 0.4) is 0 Å². The van der Waals surface area contributed by atoms with E-state index in [4.69, 9.17) is 0 Å². The molecule has 5 nitrogen and oxygen atoms in total. The molecule has 2 heterocycles. The van der Waals surface area contributed by atoms with Gasteiger partial charge in [0.1, 0.15) is 0 Å². The van der Waals surface area contributed by atoms with Gasteiger partial charge in [-0.1, -0.05) is 26.0 Å². The van der Waals surface area contributed by atoms with Gasteiger partial charge in [-0.2, -0.15) is 0 Å². The Bertz CT molecular complexity index is 923. The zero-order valence-corrected chi connectivity index (χ0v) is 15.2. The molecule has 1 saturated carbocycles. The summed E-state index contributed by atoms with van der Waals surface area (Å²) in [7, 11) is 0. The van der Waals surface area contributed by atoms with E-state index >= 15 is 0 Å². The first-order valence-corrected chi connectivity index (χ1v) is 9.23. The Morgan fingerprint density at radius 2 is 2.00 bits per heavy atom. The van der Waals surface area contributed by atoms with Crippen LogP contribution in [0.25, 0.3) is 16.9 Å². The van der Waals surface area contributed by atoms with Crippen LogP contribution < -0.4 is 10.6 Å². The Hall–Kier alpha value is -2.82. The molecule has 1 aliphatic carbocycles. The van der Waals surface area contributed by atoms with Gasteiger partial charge < -0.3 is 10.6 Å². The summed E-state index contributed by atoms with van der Waals surface area (Å²) in [6.45, 7) is 5.28. The number of fused-ring (bicyclic) bond motifs is 1. The Balaban J connectivity index is 1.60. The number of benzene rings is 1. The summed E-state index contributed by atoms with van der Waals surface area (Å²) in [6, 6.07) is 12.2. The SMILES string of the molecule is CC(C)CNc1cccn2c(-c3ccc(C(=O)NC4CC4)cc3)cnc12. The number of carbonyl (C=O) groups excluding carboxylic acids is 1. The van der Waals surface area contributed by atoms with Gasteiger partial charge in [-0.25, -0.2) is 4.98 Å². The maximum atomic E-state index is 12.1. The van der Waals surface area contributed by atoms with Crippen LogP contribution in [0.4, 0.5) is 5.69 Å². The second-order valence-corrected chi connectivity index (χ2v) is 7.36. The summed E-state index contributed by atoms with van der Waals surface area (Å²) < 4.78 is 2.09. The van der Waals surface area contributed by atoms with Crippen molar-refractivity contribution in [3.8, 4) is 11.3 Å². The molecule has 0 saturated heterocycles. The lowest BCUT2D eigenvalue weighted by molar-refractivity contribution is 0.0951. The summed E-state index contributed by atoms with van der Waals surface area (Å²) >= 11 is 0. The summed E-state index contributed by atoms with van der Waals surface area (Å²) in [4.78, 5) is 16.7. The van der Waals surface area contributed by atoms with E-state index in [1.807, 2.05) is 42.7 Å². The van der Waals surface area contributed by atoms with Crippen LogP contribution in [0.15, 0.2) is 48.8 Å². The molecule has 3 aromatic rings. The van der Waals surface area contributed by atoms with Crippen LogP contribution in [0.5, 0.6) is 0 Å². The third kappa shape index (κ3) is 3.43. The van der Waals surface area contributed by atoms with Crippen molar-refractivity contribution in [2.45, 2.75) is 32.7 Å². The fraction of sp³-hybridized carbons (Fsp3) is 0.333. The molecule has 0 unspecified atom stereocenters. The molecule has 0 aliphatic heterocycles. The number of imidazole rings is 1. The topological polar surface area (TPSA) is 58.4 Å². The van der Waals surface area contributed by atoms with Crippen molar-refractivity contribution in [3.63, 3.8) is 0 Å². The minimum Gasteiger partial charge on any atom is -0.382 e. The van der Waals surface area contributed by atoms with Gasteiger partial charge in [-0.05, 0) is 43.0 Å². The van der Waals surface area contributed by atoms with E-state index in [0.29, 0.717) is 17.5 Å². The lowest BCUT2D eigenvalue weighted by Gasteiger charge is -2.10. The zero-order valence-electron chi connectivity index (χ0n) is 15.2. The van der Waals surface area contributed by atoms with Gasteiger partial charge in [0.15, 0.2) is 5.65 Å². The average Bonchev–Trinajstić information content (AvgIpc) is 3.35. The molecule has 2 N–H and O–H groups in total. The number of pyridine rings is 1. The van der Waals surface area contributed by atoms with Gasteiger partial charge in [-0.15, -0.1) is 0 Å². The van der Waals surface area contributed by atoms with Crippen molar-refractivity contribution >= 4 is 17.2 Å². The summed E-state index contributed by atoms with van der Waals surface area (Å²) in [5.74, 6) is 0.580. The van der Waals surface area contributed by atoms with Crippen molar-refractivity contribution in [2.75, 3.05) is 11.9 Å². The highest BCUT2D eigenvalue weighted by atomic mass is 16.1. The largest absolute Gasteiger partial charge is 0.382 e. The normalized spacial score (nSPS) is 14.0. The molecule has 1 aromatic carbocycles. The van der Waals surface area contributed by atoms with E-state index < -0.39 is 0 Å². The molecule has 5 heteroatoms. The fourth-order valence-corrected chi connectivity index (χ4v) is 2.97. The Labute approximate surface area is 153 Å². The van der Waals surface area contributed by atoms with Crippen LogP contribution in [0.1, 0.15) is 37.0 Å². The quantitative estimate of drug-likeness (QED) is 0.709. The highest BCUT2D eigenvalue weighted by molar-refractivity contribution is 5.95. The van der Waals surface area contributed by atoms with E-state index in [9.17, 15) is 4.79 Å². The summed E-state index contributed by atoms with van der Waals surface area (Å²) in [5.41, 5.74) is 4.71. The number of aromatic nitrogens is 2. The van der Waals surface area contributed by atoms with Crippen LogP contribution in [0.2, 0.25) is 0 Å². The van der Waals surface area contributed by atoms with Crippen molar-refractivity contribution in [2.24, 2.45) is 5.92 Å². The lowest BCUT2D eigenvalue weighted by Crippen LogP contribution is -2.25. The minimum absolute atomic E-state index is 0.0114. The number of nitrogens with zero attached hydrogens (tertiary/aromatic N) is 2. The van der Waals surface area contributed by atoms with Crippen molar-refractivity contribution in [1.29, 1.82) is 0 Å². The molecule has 26 heavy (non-hydrogen) atoms. The molecule has 0 atom stereocenters. The predicted octanol–water partition coefficient (Wildman–Crippen LogP) is 3.96. The number of anilines is 1. The fourth-order valence-electron chi connectivity index (χ4n) is 2.97. The molecule has 0 radical (unpaired) electrons. The second kappa shape index (κ2) is 6.83. The predicted molar refractivity (Wildman–Crippen MR) is 104 cm³/mol. The van der Waals surface area contributed by atoms with Crippen molar-refractivity contribution < 1.29 is 4.79 Å². The van der Waals surface area contributed by atoms with Gasteiger partial charge in [0.2, 0.25) is 0 Å². The molecule has 0 bridgehead atoms. The Kier molecular flexibility index (Phi) is 4.37. The molecule has 0 spiro atoms. The minimum atomic E-state index is 0.0114. The monoisotopic (exact) mass is 348 g/mol. The zero-order chi connectivity index (χ0) is 18.1. The first-order valence-electron chi connectivity index (χ1n) is 9.23. The molecule has 1 amide bonds. The number of nitrogens with one attached hydrogen (secondary N) is 2. The third-order valence-corrected chi connectivity index (χ3v) is 4.59. The number of hydrogen-bond acceptors (Lipinski definition) is 3. The average molecular weight is 348 g/mol. The van der Waals surface area contributed by atoms with E-state index in [1.54, 1.807) is 0 Å². The Morgan fingerprint density at radius 3 is 2.69 bits per heavy atom. The Morgan fingerprint density at radius 1 is 1.23 bits per heavy atom. The van der Waals surface area contributed by atoms with Crippen molar-refractivity contribution in [1.82, 2.24) is 14.7 Å². The molecular weight excluding hydrogens is 324 g/mol. The molecule has 1 aliphatic rings. The number of carbonyl (C=O) groups is 1. The first-order chi connectivity index (χ1) is 12.6. The molecule has 134 valence electrons.